The molecule has 0 aliphatic heterocycles. The van der Waals surface area contributed by atoms with Crippen LogP contribution in [-0.4, -0.2) is 17.5 Å². The third kappa shape index (κ3) is 4.02. The molecule has 0 bridgehead atoms. The van der Waals surface area contributed by atoms with Gasteiger partial charge in [0, 0.05) is 12.0 Å². The molecule has 0 aromatic rings. The first-order valence-corrected chi connectivity index (χ1v) is 3.42. The average molecular weight is 133 g/mol. The molecule has 8 heavy (non-hydrogen) atoms. The van der Waals surface area contributed by atoms with Crippen LogP contribution in [0.3, 0.4) is 0 Å². The second kappa shape index (κ2) is 5.00. The Bertz CT molecular complexity index is 82.5. The molecule has 0 fully saturated rings. The van der Waals surface area contributed by atoms with Gasteiger partial charge in [0.05, 0.1) is 6.61 Å². The van der Waals surface area contributed by atoms with E-state index in [0.29, 0.717) is 0 Å². The fourth-order valence-electron chi connectivity index (χ4n) is 0.255. The Morgan fingerprint density at radius 3 is 2.88 bits per heavy atom. The lowest BCUT2D eigenvalue weighted by molar-refractivity contribution is 0.322. The number of allylic oxidation sites excluding steroid dienone is 1. The first kappa shape index (κ1) is 7.85. The van der Waals surface area contributed by atoms with Gasteiger partial charge in [-0.15, -0.1) is 11.8 Å². The largest absolute Gasteiger partial charge is 0.404 e. The van der Waals surface area contributed by atoms with E-state index in [2.05, 4.69) is 0 Å². The standard InChI is InChI=1S/C5H11NOS/c1-5(4-6)8-3-2-7/h4,7H,2-3,6H2,1H3/b5-4-. The molecule has 0 aliphatic carbocycles. The van der Waals surface area contributed by atoms with E-state index in [1.54, 1.807) is 18.0 Å². The summed E-state index contributed by atoms with van der Waals surface area (Å²) in [5.41, 5.74) is 5.15. The molecule has 0 spiro atoms. The van der Waals surface area contributed by atoms with Crippen molar-refractivity contribution in [1.29, 1.82) is 0 Å². The minimum Gasteiger partial charge on any atom is -0.404 e. The topological polar surface area (TPSA) is 46.2 Å². The predicted octanol–water partition coefficient (Wildman–Crippen LogP) is 0.532. The first-order chi connectivity index (χ1) is 3.81. The molecule has 0 saturated heterocycles. The molecule has 48 valence electrons. The molecule has 0 atom stereocenters. The second-order valence-corrected chi connectivity index (χ2v) is 2.69. The normalized spacial score (nSPS) is 12.0. The van der Waals surface area contributed by atoms with Crippen LogP contribution in [0, 0.1) is 0 Å². The van der Waals surface area contributed by atoms with Crippen LogP contribution >= 0.6 is 11.8 Å². The van der Waals surface area contributed by atoms with E-state index in [1.165, 1.54) is 0 Å². The van der Waals surface area contributed by atoms with E-state index >= 15 is 0 Å². The molecule has 3 N–H and O–H groups in total. The highest BCUT2D eigenvalue weighted by Crippen LogP contribution is 2.10. The van der Waals surface area contributed by atoms with Gasteiger partial charge in [0.1, 0.15) is 0 Å². The van der Waals surface area contributed by atoms with Crippen molar-refractivity contribution in [1.82, 2.24) is 0 Å². The number of rotatable bonds is 3. The van der Waals surface area contributed by atoms with Gasteiger partial charge in [-0.3, -0.25) is 0 Å². The molecule has 0 heterocycles. The van der Waals surface area contributed by atoms with Gasteiger partial charge in [-0.25, -0.2) is 0 Å². The monoisotopic (exact) mass is 133 g/mol. The smallest absolute Gasteiger partial charge is 0.0525 e. The van der Waals surface area contributed by atoms with Gasteiger partial charge in [0.15, 0.2) is 0 Å². The number of nitrogens with two attached hydrogens (primary N) is 1. The minimum absolute atomic E-state index is 0.218. The van der Waals surface area contributed by atoms with Crippen molar-refractivity contribution in [2.24, 2.45) is 5.73 Å². The fourth-order valence-corrected chi connectivity index (χ4v) is 0.764. The van der Waals surface area contributed by atoms with Gasteiger partial charge in [-0.05, 0) is 11.8 Å². The second-order valence-electron chi connectivity index (χ2n) is 1.35. The van der Waals surface area contributed by atoms with Crippen LogP contribution in [0.4, 0.5) is 0 Å². The zero-order valence-corrected chi connectivity index (χ0v) is 5.74. The maximum atomic E-state index is 8.32. The minimum atomic E-state index is 0.218. The SMILES string of the molecule is C/C(=C/N)SCCO. The number of thioether (sulfide) groups is 1. The summed E-state index contributed by atoms with van der Waals surface area (Å²) in [5, 5.41) is 8.32. The molecular formula is C5H11NOS. The Labute approximate surface area is 53.8 Å². The highest BCUT2D eigenvalue weighted by molar-refractivity contribution is 8.03. The van der Waals surface area contributed by atoms with Gasteiger partial charge in [0.25, 0.3) is 0 Å². The summed E-state index contributed by atoms with van der Waals surface area (Å²) < 4.78 is 0. The van der Waals surface area contributed by atoms with Crippen molar-refractivity contribution in [2.75, 3.05) is 12.4 Å². The van der Waals surface area contributed by atoms with Crippen molar-refractivity contribution in [3.05, 3.63) is 11.1 Å². The molecule has 0 amide bonds. The molecule has 0 aliphatic rings. The number of hydrogen-bond donors (Lipinski definition) is 2. The quantitative estimate of drug-likeness (QED) is 0.590. The summed E-state index contributed by atoms with van der Waals surface area (Å²) in [6.07, 6.45) is 1.54. The van der Waals surface area contributed by atoms with E-state index in [-0.39, 0.29) is 6.61 Å². The van der Waals surface area contributed by atoms with E-state index in [9.17, 15) is 0 Å². The predicted molar refractivity (Wildman–Crippen MR) is 37.5 cm³/mol. The van der Waals surface area contributed by atoms with Crippen molar-refractivity contribution in [2.45, 2.75) is 6.92 Å². The van der Waals surface area contributed by atoms with Crippen molar-refractivity contribution in [3.63, 3.8) is 0 Å². The van der Waals surface area contributed by atoms with E-state index in [4.69, 9.17) is 10.8 Å². The molecule has 0 aromatic carbocycles. The average Bonchev–Trinajstić information content (AvgIpc) is 1.83. The van der Waals surface area contributed by atoms with Gasteiger partial charge in [0.2, 0.25) is 0 Å². The van der Waals surface area contributed by atoms with Crippen molar-refractivity contribution >= 4 is 11.8 Å². The lowest BCUT2D eigenvalue weighted by Crippen LogP contribution is -1.87. The Hall–Kier alpha value is -0.150. The van der Waals surface area contributed by atoms with Crippen LogP contribution in [0.15, 0.2) is 11.1 Å². The molecule has 0 rings (SSSR count). The van der Waals surface area contributed by atoms with Crippen molar-refractivity contribution < 1.29 is 5.11 Å². The summed E-state index contributed by atoms with van der Waals surface area (Å²) in [5.74, 6) is 0.736. The zero-order valence-electron chi connectivity index (χ0n) is 4.92. The lowest BCUT2D eigenvalue weighted by atomic mass is 10.7. The molecule has 0 saturated carbocycles. The summed E-state index contributed by atoms with van der Waals surface area (Å²) in [6, 6.07) is 0. The highest BCUT2D eigenvalue weighted by Gasteiger charge is 1.85. The third-order valence-electron chi connectivity index (χ3n) is 0.656. The number of hydrogen-bond acceptors (Lipinski definition) is 3. The summed E-state index contributed by atoms with van der Waals surface area (Å²) in [4.78, 5) is 1.05. The lowest BCUT2D eigenvalue weighted by Gasteiger charge is -1.93. The fraction of sp³-hybridized carbons (Fsp3) is 0.600. The van der Waals surface area contributed by atoms with Crippen LogP contribution in [-0.2, 0) is 0 Å². The Kier molecular flexibility index (Phi) is 4.90. The molecule has 3 heteroatoms. The maximum absolute atomic E-state index is 8.32. The maximum Gasteiger partial charge on any atom is 0.0525 e. The summed E-state index contributed by atoms with van der Waals surface area (Å²) in [6.45, 7) is 2.14. The van der Waals surface area contributed by atoms with E-state index < -0.39 is 0 Å². The molecule has 0 unspecified atom stereocenters. The Morgan fingerprint density at radius 2 is 2.50 bits per heavy atom. The molecule has 2 nitrogen and oxygen atoms in total. The van der Waals surface area contributed by atoms with E-state index in [1.807, 2.05) is 6.92 Å². The van der Waals surface area contributed by atoms with Crippen LogP contribution in [0.1, 0.15) is 6.92 Å². The van der Waals surface area contributed by atoms with E-state index in [0.717, 1.165) is 10.7 Å². The first-order valence-electron chi connectivity index (χ1n) is 2.43. The zero-order chi connectivity index (χ0) is 6.41. The number of aliphatic hydroxyl groups is 1. The number of aliphatic hydroxyl groups excluding tert-OH is 1. The molecular weight excluding hydrogens is 122 g/mol. The summed E-state index contributed by atoms with van der Waals surface area (Å²) >= 11 is 1.56. The van der Waals surface area contributed by atoms with Gasteiger partial charge >= 0.3 is 0 Å². The van der Waals surface area contributed by atoms with Gasteiger partial charge < -0.3 is 10.8 Å². The Balaban J connectivity index is 3.12. The van der Waals surface area contributed by atoms with Crippen molar-refractivity contribution in [3.8, 4) is 0 Å². The van der Waals surface area contributed by atoms with Gasteiger partial charge in [-0.1, -0.05) is 0 Å². The van der Waals surface area contributed by atoms with Gasteiger partial charge in [-0.2, -0.15) is 0 Å². The summed E-state index contributed by atoms with van der Waals surface area (Å²) in [7, 11) is 0. The van der Waals surface area contributed by atoms with Crippen LogP contribution < -0.4 is 5.73 Å². The van der Waals surface area contributed by atoms with Crippen LogP contribution in [0.2, 0.25) is 0 Å². The third-order valence-corrected chi connectivity index (χ3v) is 1.63. The van der Waals surface area contributed by atoms with Crippen LogP contribution in [0.5, 0.6) is 0 Å². The molecule has 0 radical (unpaired) electrons. The van der Waals surface area contributed by atoms with Crippen LogP contribution in [0.25, 0.3) is 0 Å². The Morgan fingerprint density at radius 1 is 1.88 bits per heavy atom. The highest BCUT2D eigenvalue weighted by atomic mass is 32.2. The molecule has 0 aromatic heterocycles.